The van der Waals surface area contributed by atoms with Gasteiger partial charge in [-0.2, -0.15) is 0 Å². The van der Waals surface area contributed by atoms with Crippen molar-refractivity contribution in [2.24, 2.45) is 0 Å². The van der Waals surface area contributed by atoms with Crippen LogP contribution in [0, 0.1) is 0 Å². The number of hydrogen-bond donors (Lipinski definition) is 2. The first-order chi connectivity index (χ1) is 6.49. The van der Waals surface area contributed by atoms with Crippen molar-refractivity contribution in [1.82, 2.24) is 5.32 Å². The first kappa shape index (κ1) is 11.4. The maximum absolute atomic E-state index is 12.7. The van der Waals surface area contributed by atoms with Gasteiger partial charge in [0.2, 0.25) is 0 Å². The number of carboxylic acids is 1. The minimum Gasteiger partial charge on any atom is -0.481 e. The molecule has 0 spiro atoms. The van der Waals surface area contributed by atoms with Crippen LogP contribution in [0.15, 0.2) is 0 Å². The van der Waals surface area contributed by atoms with Crippen LogP contribution in [-0.2, 0) is 4.79 Å². The molecule has 1 aliphatic rings. The highest BCUT2D eigenvalue weighted by molar-refractivity contribution is 5.66. The predicted octanol–water partition coefficient (Wildman–Crippen LogP) is 1.63. The van der Waals surface area contributed by atoms with Crippen molar-refractivity contribution in [3.63, 3.8) is 0 Å². The average Bonchev–Trinajstić information content (AvgIpc) is 2.39. The number of carbonyl (C=O) groups is 1. The Morgan fingerprint density at radius 3 is 2.71 bits per heavy atom. The summed E-state index contributed by atoms with van der Waals surface area (Å²) in [6.07, 6.45) is 1.92. The molecule has 5 heteroatoms. The minimum atomic E-state index is -2.57. The molecule has 1 aliphatic heterocycles. The first-order valence-electron chi connectivity index (χ1n) is 4.83. The lowest BCUT2D eigenvalue weighted by Crippen LogP contribution is -2.22. The summed E-state index contributed by atoms with van der Waals surface area (Å²) >= 11 is 0. The third kappa shape index (κ3) is 4.00. The fourth-order valence-corrected chi connectivity index (χ4v) is 1.67. The lowest BCUT2D eigenvalue weighted by Gasteiger charge is -2.08. The smallest absolute Gasteiger partial charge is 0.303 e. The zero-order valence-electron chi connectivity index (χ0n) is 7.93. The molecule has 1 atom stereocenters. The van der Waals surface area contributed by atoms with E-state index in [0.717, 1.165) is 0 Å². The number of alkyl halides is 2. The van der Waals surface area contributed by atoms with Gasteiger partial charge in [-0.1, -0.05) is 6.42 Å². The van der Waals surface area contributed by atoms with Gasteiger partial charge in [0.15, 0.2) is 0 Å². The second kappa shape index (κ2) is 4.68. The summed E-state index contributed by atoms with van der Waals surface area (Å²) in [6, 6.07) is -0.140. The number of unbranched alkanes of at least 4 members (excludes halogenated alkanes) is 1. The van der Waals surface area contributed by atoms with Crippen LogP contribution in [-0.4, -0.2) is 29.6 Å². The molecule has 1 heterocycles. The largest absolute Gasteiger partial charge is 0.481 e. The van der Waals surface area contributed by atoms with Crippen molar-refractivity contribution >= 4 is 5.97 Å². The summed E-state index contributed by atoms with van der Waals surface area (Å²) in [5, 5.41) is 11.1. The predicted molar refractivity (Wildman–Crippen MR) is 47.5 cm³/mol. The van der Waals surface area contributed by atoms with E-state index in [1.165, 1.54) is 0 Å². The summed E-state index contributed by atoms with van der Waals surface area (Å²) in [6.45, 7) is -0.239. The van der Waals surface area contributed by atoms with E-state index in [0.29, 0.717) is 19.3 Å². The SMILES string of the molecule is O=C(O)CCCCC1CC(F)(F)CN1. The van der Waals surface area contributed by atoms with Crippen LogP contribution in [0.1, 0.15) is 32.1 Å². The van der Waals surface area contributed by atoms with E-state index in [1.807, 2.05) is 0 Å². The average molecular weight is 207 g/mol. The van der Waals surface area contributed by atoms with Crippen molar-refractivity contribution in [2.45, 2.75) is 44.1 Å². The summed E-state index contributed by atoms with van der Waals surface area (Å²) in [5.41, 5.74) is 0. The van der Waals surface area contributed by atoms with Crippen LogP contribution in [0.5, 0.6) is 0 Å². The second-order valence-electron chi connectivity index (χ2n) is 3.78. The fraction of sp³-hybridized carbons (Fsp3) is 0.889. The molecule has 0 saturated carbocycles. The van der Waals surface area contributed by atoms with Crippen LogP contribution < -0.4 is 5.32 Å². The molecule has 3 nitrogen and oxygen atoms in total. The Bertz CT molecular complexity index is 209. The Morgan fingerprint density at radius 2 is 2.21 bits per heavy atom. The lowest BCUT2D eigenvalue weighted by molar-refractivity contribution is -0.137. The molecule has 0 radical (unpaired) electrons. The molecule has 0 amide bonds. The minimum absolute atomic E-state index is 0.111. The quantitative estimate of drug-likeness (QED) is 0.673. The van der Waals surface area contributed by atoms with Crippen LogP contribution in [0.3, 0.4) is 0 Å². The van der Waals surface area contributed by atoms with Gasteiger partial charge in [-0.05, 0) is 12.8 Å². The van der Waals surface area contributed by atoms with E-state index in [1.54, 1.807) is 0 Å². The molecule has 2 N–H and O–H groups in total. The van der Waals surface area contributed by atoms with E-state index in [9.17, 15) is 13.6 Å². The Kier molecular flexibility index (Phi) is 3.80. The molecule has 82 valence electrons. The first-order valence-corrected chi connectivity index (χ1v) is 4.83. The van der Waals surface area contributed by atoms with Gasteiger partial charge < -0.3 is 10.4 Å². The summed E-state index contributed by atoms with van der Waals surface area (Å²) in [4.78, 5) is 10.2. The van der Waals surface area contributed by atoms with E-state index in [-0.39, 0.29) is 25.4 Å². The second-order valence-corrected chi connectivity index (χ2v) is 3.78. The fourth-order valence-electron chi connectivity index (χ4n) is 1.67. The molecule has 1 fully saturated rings. The monoisotopic (exact) mass is 207 g/mol. The summed E-state index contributed by atoms with van der Waals surface area (Å²) < 4.78 is 25.4. The highest BCUT2D eigenvalue weighted by atomic mass is 19.3. The van der Waals surface area contributed by atoms with Gasteiger partial charge in [0, 0.05) is 18.9 Å². The van der Waals surface area contributed by atoms with Gasteiger partial charge >= 0.3 is 5.97 Å². The molecule has 1 unspecified atom stereocenters. The normalized spacial score (nSPS) is 25.1. The third-order valence-corrected chi connectivity index (χ3v) is 2.39. The zero-order valence-corrected chi connectivity index (χ0v) is 7.93. The number of aliphatic carboxylic acids is 1. The molecule has 1 saturated heterocycles. The Labute approximate surface area is 81.5 Å². The van der Waals surface area contributed by atoms with Crippen molar-refractivity contribution in [1.29, 1.82) is 0 Å². The van der Waals surface area contributed by atoms with Gasteiger partial charge in [0.1, 0.15) is 0 Å². The number of hydrogen-bond acceptors (Lipinski definition) is 2. The molecule has 0 aromatic rings. The van der Waals surface area contributed by atoms with Gasteiger partial charge in [-0.15, -0.1) is 0 Å². The summed E-state index contributed by atoms with van der Waals surface area (Å²) in [7, 11) is 0. The van der Waals surface area contributed by atoms with Crippen LogP contribution in [0.25, 0.3) is 0 Å². The molecule has 1 rings (SSSR count). The maximum Gasteiger partial charge on any atom is 0.303 e. The standard InChI is InChI=1S/C9H15F2NO2/c10-9(11)5-7(12-6-9)3-1-2-4-8(13)14/h7,12H,1-6H2,(H,13,14). The van der Waals surface area contributed by atoms with Crippen LogP contribution in [0.2, 0.25) is 0 Å². The van der Waals surface area contributed by atoms with Crippen molar-refractivity contribution in [2.75, 3.05) is 6.54 Å². The number of rotatable bonds is 5. The topological polar surface area (TPSA) is 49.3 Å². The number of halogens is 2. The van der Waals surface area contributed by atoms with E-state index >= 15 is 0 Å². The molecule has 14 heavy (non-hydrogen) atoms. The van der Waals surface area contributed by atoms with Gasteiger partial charge in [-0.25, -0.2) is 8.78 Å². The Morgan fingerprint density at radius 1 is 1.50 bits per heavy atom. The van der Waals surface area contributed by atoms with Crippen molar-refractivity contribution in [3.8, 4) is 0 Å². The van der Waals surface area contributed by atoms with Crippen molar-refractivity contribution < 1.29 is 18.7 Å². The van der Waals surface area contributed by atoms with Crippen molar-refractivity contribution in [3.05, 3.63) is 0 Å². The highest BCUT2D eigenvalue weighted by Gasteiger charge is 2.38. The van der Waals surface area contributed by atoms with E-state index in [4.69, 9.17) is 5.11 Å². The lowest BCUT2D eigenvalue weighted by atomic mass is 10.1. The van der Waals surface area contributed by atoms with E-state index < -0.39 is 11.9 Å². The molecular weight excluding hydrogens is 192 g/mol. The molecule has 0 aromatic heterocycles. The maximum atomic E-state index is 12.7. The zero-order chi connectivity index (χ0) is 10.6. The molecule has 0 bridgehead atoms. The van der Waals surface area contributed by atoms with Gasteiger partial charge in [0.05, 0.1) is 6.54 Å². The highest BCUT2D eigenvalue weighted by Crippen LogP contribution is 2.27. The molecule has 0 aliphatic carbocycles. The Hall–Kier alpha value is -0.710. The Balaban J connectivity index is 2.06. The summed E-state index contributed by atoms with van der Waals surface area (Å²) in [5.74, 6) is -3.40. The number of nitrogens with one attached hydrogen (secondary N) is 1. The van der Waals surface area contributed by atoms with Crippen LogP contribution in [0.4, 0.5) is 8.78 Å². The van der Waals surface area contributed by atoms with Gasteiger partial charge in [-0.3, -0.25) is 4.79 Å². The molecule has 0 aromatic carbocycles. The third-order valence-electron chi connectivity index (χ3n) is 2.39. The van der Waals surface area contributed by atoms with E-state index in [2.05, 4.69) is 5.32 Å². The number of carboxylic acid groups (broad SMARTS) is 1. The van der Waals surface area contributed by atoms with Gasteiger partial charge in [0.25, 0.3) is 5.92 Å². The molecular formula is C9H15F2NO2. The van der Waals surface area contributed by atoms with Crippen LogP contribution >= 0.6 is 0 Å².